The lowest BCUT2D eigenvalue weighted by Gasteiger charge is -2.38. The van der Waals surface area contributed by atoms with E-state index in [0.717, 1.165) is 50.7 Å². The molecule has 1 aliphatic carbocycles. The zero-order valence-corrected chi connectivity index (χ0v) is 19.1. The highest BCUT2D eigenvalue weighted by molar-refractivity contribution is 14.0. The minimum Gasteiger partial charge on any atom is -0.368 e. The molecule has 1 heterocycles. The van der Waals surface area contributed by atoms with Crippen LogP contribution in [0.2, 0.25) is 0 Å². The number of aliphatic imine (C=N–C) groups is 1. The molecule has 2 aliphatic rings. The summed E-state index contributed by atoms with van der Waals surface area (Å²) in [7, 11) is 3.51. The first-order valence-corrected chi connectivity index (χ1v) is 9.79. The van der Waals surface area contributed by atoms with E-state index in [-0.39, 0.29) is 42.2 Å². The second kappa shape index (κ2) is 10.8. The van der Waals surface area contributed by atoms with Gasteiger partial charge >= 0.3 is 0 Å². The molecule has 1 aromatic rings. The number of nitrogens with one attached hydrogen (secondary N) is 1. The Kier molecular flexibility index (Phi) is 8.78. The Hall–Kier alpha value is -1.58. The quantitative estimate of drug-likeness (QED) is 0.390. The Morgan fingerprint density at radius 1 is 1.14 bits per heavy atom. The highest BCUT2D eigenvalue weighted by atomic mass is 127. The average Bonchev–Trinajstić information content (AvgIpc) is 3.19. The largest absolute Gasteiger partial charge is 0.368 e. The molecular formula is C20H31FIN5O. The standard InChI is InChI=1S/C20H30FN5O.HI/c1-24(2)19(27)15-22-20(23-17-5-3-4-6-17)26-13-11-25(12-14-26)18-9-7-16(21)8-10-18;/h7-10,17H,3-6,11-15H2,1-2H3,(H,22,23);1H. The van der Waals surface area contributed by atoms with Gasteiger partial charge in [0.1, 0.15) is 12.4 Å². The van der Waals surface area contributed by atoms with Crippen molar-refractivity contribution in [3.8, 4) is 0 Å². The number of guanidine groups is 1. The Balaban J connectivity index is 0.00000280. The fourth-order valence-corrected chi connectivity index (χ4v) is 3.60. The van der Waals surface area contributed by atoms with Crippen molar-refractivity contribution in [1.29, 1.82) is 0 Å². The predicted molar refractivity (Wildman–Crippen MR) is 122 cm³/mol. The van der Waals surface area contributed by atoms with E-state index in [9.17, 15) is 9.18 Å². The normalized spacial score (nSPS) is 18.0. The van der Waals surface area contributed by atoms with E-state index in [0.29, 0.717) is 6.04 Å². The number of likely N-dealkylation sites (N-methyl/N-ethyl adjacent to an activating group) is 1. The van der Waals surface area contributed by atoms with Gasteiger partial charge in [0, 0.05) is 52.0 Å². The first kappa shape index (κ1) is 22.7. The van der Waals surface area contributed by atoms with Crippen molar-refractivity contribution in [2.24, 2.45) is 4.99 Å². The van der Waals surface area contributed by atoms with Crippen molar-refractivity contribution in [2.45, 2.75) is 31.7 Å². The fraction of sp³-hybridized carbons (Fsp3) is 0.600. The van der Waals surface area contributed by atoms with Gasteiger partial charge in [-0.15, -0.1) is 24.0 Å². The summed E-state index contributed by atoms with van der Waals surface area (Å²) in [6, 6.07) is 7.11. The summed E-state index contributed by atoms with van der Waals surface area (Å²) in [6.07, 6.45) is 4.83. The third-order valence-electron chi connectivity index (χ3n) is 5.32. The molecule has 1 saturated carbocycles. The number of benzene rings is 1. The Morgan fingerprint density at radius 3 is 2.32 bits per heavy atom. The number of anilines is 1. The molecule has 2 fully saturated rings. The molecule has 1 aliphatic heterocycles. The van der Waals surface area contributed by atoms with Crippen molar-refractivity contribution in [3.05, 3.63) is 30.1 Å². The predicted octanol–water partition coefficient (Wildman–Crippen LogP) is 2.54. The van der Waals surface area contributed by atoms with Gasteiger partial charge in [0.15, 0.2) is 5.96 Å². The van der Waals surface area contributed by atoms with Gasteiger partial charge in [-0.05, 0) is 37.1 Å². The van der Waals surface area contributed by atoms with Crippen LogP contribution < -0.4 is 10.2 Å². The molecule has 8 heteroatoms. The lowest BCUT2D eigenvalue weighted by atomic mass is 10.2. The van der Waals surface area contributed by atoms with Crippen molar-refractivity contribution in [1.82, 2.24) is 15.1 Å². The molecule has 0 aromatic heterocycles. The van der Waals surface area contributed by atoms with Crippen LogP contribution in [0.1, 0.15) is 25.7 Å². The van der Waals surface area contributed by atoms with Crippen molar-refractivity contribution in [3.63, 3.8) is 0 Å². The highest BCUT2D eigenvalue weighted by Crippen LogP contribution is 2.19. The van der Waals surface area contributed by atoms with Crippen LogP contribution >= 0.6 is 24.0 Å². The maximum Gasteiger partial charge on any atom is 0.243 e. The van der Waals surface area contributed by atoms with Gasteiger partial charge in [-0.1, -0.05) is 12.8 Å². The Labute approximate surface area is 184 Å². The molecule has 1 aromatic carbocycles. The molecule has 1 amide bonds. The molecule has 28 heavy (non-hydrogen) atoms. The number of amides is 1. The number of halogens is 2. The van der Waals surface area contributed by atoms with Crippen LogP contribution in [0, 0.1) is 5.82 Å². The Bertz CT molecular complexity index is 653. The SMILES string of the molecule is CN(C)C(=O)CN=C(NC1CCCC1)N1CCN(c2ccc(F)cc2)CC1.I. The molecule has 0 atom stereocenters. The van der Waals surface area contributed by atoms with Crippen molar-refractivity contribution < 1.29 is 9.18 Å². The molecule has 1 N–H and O–H groups in total. The second-order valence-electron chi connectivity index (χ2n) is 7.50. The van der Waals surface area contributed by atoms with E-state index >= 15 is 0 Å². The van der Waals surface area contributed by atoms with Gasteiger partial charge in [0.25, 0.3) is 0 Å². The maximum absolute atomic E-state index is 13.1. The third kappa shape index (κ3) is 6.22. The summed E-state index contributed by atoms with van der Waals surface area (Å²) in [4.78, 5) is 22.6. The molecule has 1 saturated heterocycles. The number of rotatable bonds is 4. The lowest BCUT2D eigenvalue weighted by Crippen LogP contribution is -2.54. The average molecular weight is 503 g/mol. The van der Waals surface area contributed by atoms with Crippen LogP contribution in [0.5, 0.6) is 0 Å². The molecule has 0 bridgehead atoms. The molecule has 6 nitrogen and oxygen atoms in total. The molecule has 156 valence electrons. The first-order chi connectivity index (χ1) is 13.0. The first-order valence-electron chi connectivity index (χ1n) is 9.79. The summed E-state index contributed by atoms with van der Waals surface area (Å²) in [5, 5.41) is 3.58. The molecule has 0 spiro atoms. The van der Waals surface area contributed by atoms with Crippen LogP contribution in [0.15, 0.2) is 29.3 Å². The van der Waals surface area contributed by atoms with E-state index in [1.54, 1.807) is 19.0 Å². The number of carbonyl (C=O) groups excluding carboxylic acids is 1. The van der Waals surface area contributed by atoms with E-state index in [1.165, 1.54) is 25.0 Å². The summed E-state index contributed by atoms with van der Waals surface area (Å²) in [6.45, 7) is 3.51. The van der Waals surface area contributed by atoms with Gasteiger partial charge in [0.2, 0.25) is 5.91 Å². The zero-order valence-electron chi connectivity index (χ0n) is 16.7. The fourth-order valence-electron chi connectivity index (χ4n) is 3.60. The summed E-state index contributed by atoms with van der Waals surface area (Å²) in [5.41, 5.74) is 1.04. The summed E-state index contributed by atoms with van der Waals surface area (Å²) < 4.78 is 13.1. The van der Waals surface area contributed by atoms with Crippen LogP contribution in [-0.4, -0.2) is 74.5 Å². The maximum atomic E-state index is 13.1. The molecule has 0 radical (unpaired) electrons. The van der Waals surface area contributed by atoms with E-state index in [1.807, 2.05) is 12.1 Å². The number of nitrogens with zero attached hydrogens (tertiary/aromatic N) is 4. The Morgan fingerprint density at radius 2 is 1.75 bits per heavy atom. The van der Waals surface area contributed by atoms with Crippen LogP contribution in [0.3, 0.4) is 0 Å². The minimum absolute atomic E-state index is 0. The monoisotopic (exact) mass is 503 g/mol. The van der Waals surface area contributed by atoms with E-state index in [2.05, 4.69) is 20.1 Å². The van der Waals surface area contributed by atoms with Gasteiger partial charge in [0.05, 0.1) is 0 Å². The number of hydrogen-bond donors (Lipinski definition) is 1. The zero-order chi connectivity index (χ0) is 19.2. The topological polar surface area (TPSA) is 51.2 Å². The minimum atomic E-state index is -0.210. The smallest absolute Gasteiger partial charge is 0.243 e. The van der Waals surface area contributed by atoms with Crippen molar-refractivity contribution in [2.75, 3.05) is 51.7 Å². The number of carbonyl (C=O) groups is 1. The van der Waals surface area contributed by atoms with Crippen LogP contribution in [0.25, 0.3) is 0 Å². The molecule has 0 unspecified atom stereocenters. The molecule has 3 rings (SSSR count). The van der Waals surface area contributed by atoms with Crippen molar-refractivity contribution >= 4 is 41.5 Å². The van der Waals surface area contributed by atoms with Gasteiger partial charge in [-0.2, -0.15) is 0 Å². The van der Waals surface area contributed by atoms with E-state index in [4.69, 9.17) is 0 Å². The van der Waals surface area contributed by atoms with Crippen LogP contribution in [0.4, 0.5) is 10.1 Å². The molecular weight excluding hydrogens is 472 g/mol. The third-order valence-corrected chi connectivity index (χ3v) is 5.32. The highest BCUT2D eigenvalue weighted by Gasteiger charge is 2.23. The van der Waals surface area contributed by atoms with Gasteiger partial charge < -0.3 is 20.0 Å². The van der Waals surface area contributed by atoms with Crippen LogP contribution in [-0.2, 0) is 4.79 Å². The van der Waals surface area contributed by atoms with Gasteiger partial charge in [-0.25, -0.2) is 9.38 Å². The summed E-state index contributed by atoms with van der Waals surface area (Å²) in [5.74, 6) is 0.639. The van der Waals surface area contributed by atoms with E-state index < -0.39 is 0 Å². The number of hydrogen-bond acceptors (Lipinski definition) is 3. The van der Waals surface area contributed by atoms with Gasteiger partial charge in [-0.3, -0.25) is 4.79 Å². The second-order valence-corrected chi connectivity index (χ2v) is 7.50. The summed E-state index contributed by atoms with van der Waals surface area (Å²) >= 11 is 0. The number of piperazine rings is 1. The lowest BCUT2D eigenvalue weighted by molar-refractivity contribution is -0.127.